The minimum Gasteiger partial charge on any atom is -0.489 e. The Hall–Kier alpha value is -1.30. The van der Waals surface area contributed by atoms with Gasteiger partial charge in [-0.05, 0) is 17.7 Å². The highest BCUT2D eigenvalue weighted by Crippen LogP contribution is 2.25. The molecule has 0 aromatic heterocycles. The van der Waals surface area contributed by atoms with Gasteiger partial charge in [0.15, 0.2) is 0 Å². The van der Waals surface area contributed by atoms with Gasteiger partial charge in [0.05, 0.1) is 11.4 Å². The van der Waals surface area contributed by atoms with Gasteiger partial charge in [-0.1, -0.05) is 31.5 Å². The second kappa shape index (κ2) is 8.09. The van der Waals surface area contributed by atoms with E-state index in [2.05, 4.69) is 5.32 Å². The van der Waals surface area contributed by atoms with Crippen molar-refractivity contribution in [1.82, 2.24) is 5.32 Å². The molecule has 20 heavy (non-hydrogen) atoms. The Kier molecular flexibility index (Phi) is 6.78. The summed E-state index contributed by atoms with van der Waals surface area (Å²) in [4.78, 5) is 10.8. The van der Waals surface area contributed by atoms with Crippen LogP contribution in [0.3, 0.4) is 0 Å². The third-order valence-electron chi connectivity index (χ3n) is 2.57. The fourth-order valence-corrected chi connectivity index (χ4v) is 1.85. The number of carbonyl (C=O) groups excluding carboxylic acids is 1. The average molecular weight is 301 g/mol. The highest BCUT2D eigenvalue weighted by Gasteiger charge is 2.09. The number of aliphatic hydroxyl groups excluding tert-OH is 1. The lowest BCUT2D eigenvalue weighted by atomic mass is 10.1. The lowest BCUT2D eigenvalue weighted by Gasteiger charge is -2.15. The van der Waals surface area contributed by atoms with Crippen molar-refractivity contribution in [1.29, 1.82) is 0 Å². The van der Waals surface area contributed by atoms with Crippen LogP contribution in [0.15, 0.2) is 18.2 Å². The van der Waals surface area contributed by atoms with E-state index in [9.17, 15) is 9.90 Å². The summed E-state index contributed by atoms with van der Waals surface area (Å²) in [7, 11) is 0. The molecule has 4 N–H and O–H groups in total. The fourth-order valence-electron chi connectivity index (χ4n) is 1.59. The lowest BCUT2D eigenvalue weighted by Crippen LogP contribution is -2.35. The van der Waals surface area contributed by atoms with Crippen molar-refractivity contribution < 1.29 is 14.6 Å². The number of primary amides is 1. The monoisotopic (exact) mass is 300 g/mol. The number of amides is 1. The molecular weight excluding hydrogens is 280 g/mol. The van der Waals surface area contributed by atoms with Crippen LogP contribution in [0.25, 0.3) is 0 Å². The Morgan fingerprint density at radius 2 is 2.20 bits per heavy atom. The van der Waals surface area contributed by atoms with E-state index in [-0.39, 0.29) is 13.0 Å². The second-order valence-electron chi connectivity index (χ2n) is 4.94. The zero-order valence-electron chi connectivity index (χ0n) is 11.7. The van der Waals surface area contributed by atoms with Gasteiger partial charge in [-0.2, -0.15) is 0 Å². The first-order chi connectivity index (χ1) is 9.38. The number of ether oxygens (including phenoxy) is 1. The molecule has 0 radical (unpaired) electrons. The second-order valence-corrected chi connectivity index (χ2v) is 5.34. The summed E-state index contributed by atoms with van der Waals surface area (Å²) in [5.74, 6) is 0.0633. The van der Waals surface area contributed by atoms with Gasteiger partial charge in [0, 0.05) is 12.6 Å². The van der Waals surface area contributed by atoms with E-state index in [1.54, 1.807) is 18.2 Å². The van der Waals surface area contributed by atoms with E-state index < -0.39 is 12.0 Å². The van der Waals surface area contributed by atoms with Gasteiger partial charge >= 0.3 is 0 Å². The van der Waals surface area contributed by atoms with Crippen LogP contribution in [0.5, 0.6) is 5.75 Å². The number of nitrogens with one attached hydrogen (secondary N) is 1. The molecule has 0 fully saturated rings. The smallest absolute Gasteiger partial charge is 0.221 e. The molecular formula is C14H21ClN2O3. The Bertz CT molecular complexity index is 452. The number of carbonyl (C=O) groups is 1. The molecule has 0 heterocycles. The first kappa shape index (κ1) is 16.8. The molecule has 1 amide bonds. The summed E-state index contributed by atoms with van der Waals surface area (Å²) in [6.07, 6.45) is -0.472. The van der Waals surface area contributed by atoms with Crippen molar-refractivity contribution in [3.63, 3.8) is 0 Å². The van der Waals surface area contributed by atoms with Crippen LogP contribution in [0, 0.1) is 0 Å². The number of rotatable bonds is 8. The first-order valence-corrected chi connectivity index (χ1v) is 6.87. The van der Waals surface area contributed by atoms with Gasteiger partial charge in [0.2, 0.25) is 5.91 Å². The predicted octanol–water partition coefficient (Wildman–Crippen LogP) is 1.11. The Labute approximate surface area is 124 Å². The fraction of sp³-hybridized carbons (Fsp3) is 0.500. The van der Waals surface area contributed by atoms with E-state index in [0.717, 1.165) is 5.56 Å². The Morgan fingerprint density at radius 1 is 1.50 bits per heavy atom. The molecule has 0 saturated heterocycles. The van der Waals surface area contributed by atoms with Crippen molar-refractivity contribution in [2.75, 3.05) is 13.2 Å². The van der Waals surface area contributed by atoms with Gasteiger partial charge < -0.3 is 20.9 Å². The van der Waals surface area contributed by atoms with E-state index in [0.29, 0.717) is 23.4 Å². The molecule has 5 nitrogen and oxygen atoms in total. The molecule has 0 bridgehead atoms. The van der Waals surface area contributed by atoms with E-state index in [4.69, 9.17) is 22.1 Å². The summed E-state index contributed by atoms with van der Waals surface area (Å²) in [5.41, 5.74) is 5.85. The molecule has 0 aliphatic rings. The predicted molar refractivity (Wildman–Crippen MR) is 79.0 cm³/mol. The molecule has 112 valence electrons. The number of benzene rings is 1. The number of halogens is 1. The maximum Gasteiger partial charge on any atom is 0.221 e. The third kappa shape index (κ3) is 6.23. The van der Waals surface area contributed by atoms with Crippen LogP contribution in [-0.4, -0.2) is 36.3 Å². The number of hydrogen-bond donors (Lipinski definition) is 3. The van der Waals surface area contributed by atoms with Crippen molar-refractivity contribution in [3.05, 3.63) is 28.8 Å². The summed E-state index contributed by atoms with van der Waals surface area (Å²) in [6.45, 7) is 4.60. The normalized spacial score (nSPS) is 12.4. The molecule has 1 aromatic rings. The number of hydrogen-bond acceptors (Lipinski definition) is 4. The minimum atomic E-state index is -0.612. The summed E-state index contributed by atoms with van der Waals surface area (Å²) in [6, 6.07) is 5.34. The van der Waals surface area contributed by atoms with Crippen molar-refractivity contribution in [2.45, 2.75) is 32.4 Å². The quantitative estimate of drug-likeness (QED) is 0.671. The molecule has 0 spiro atoms. The van der Waals surface area contributed by atoms with Gasteiger partial charge in [0.1, 0.15) is 18.5 Å². The highest BCUT2D eigenvalue weighted by molar-refractivity contribution is 6.32. The molecule has 0 aliphatic heterocycles. The standard InChI is InChI=1S/C14H21ClN2O3/c1-9(2)17-7-11(18)8-20-13-4-3-10(5-12(13)15)6-14(16)19/h3-5,9,11,17-18H,6-8H2,1-2H3,(H2,16,19). The molecule has 1 atom stereocenters. The maximum atomic E-state index is 10.8. The Morgan fingerprint density at radius 3 is 2.75 bits per heavy atom. The molecule has 1 aromatic carbocycles. The van der Waals surface area contributed by atoms with Crippen molar-refractivity contribution >= 4 is 17.5 Å². The van der Waals surface area contributed by atoms with Crippen LogP contribution in [0.1, 0.15) is 19.4 Å². The SMILES string of the molecule is CC(C)NCC(O)COc1ccc(CC(N)=O)cc1Cl. The Balaban J connectivity index is 2.50. The molecule has 1 unspecified atom stereocenters. The topological polar surface area (TPSA) is 84.6 Å². The number of nitrogens with two attached hydrogens (primary N) is 1. The maximum absolute atomic E-state index is 10.8. The lowest BCUT2D eigenvalue weighted by molar-refractivity contribution is -0.117. The van der Waals surface area contributed by atoms with Crippen LogP contribution >= 0.6 is 11.6 Å². The number of aliphatic hydroxyl groups is 1. The van der Waals surface area contributed by atoms with Gasteiger partial charge in [0.25, 0.3) is 0 Å². The summed E-state index contributed by atoms with van der Waals surface area (Å²) in [5, 5.41) is 13.2. The van der Waals surface area contributed by atoms with Crippen LogP contribution < -0.4 is 15.8 Å². The zero-order valence-corrected chi connectivity index (χ0v) is 12.5. The third-order valence-corrected chi connectivity index (χ3v) is 2.86. The molecule has 0 aliphatic carbocycles. The van der Waals surface area contributed by atoms with Crippen LogP contribution in [0.4, 0.5) is 0 Å². The largest absolute Gasteiger partial charge is 0.489 e. The zero-order chi connectivity index (χ0) is 15.1. The molecule has 0 saturated carbocycles. The average Bonchev–Trinajstić information content (AvgIpc) is 2.34. The van der Waals surface area contributed by atoms with Crippen LogP contribution in [0.2, 0.25) is 5.02 Å². The van der Waals surface area contributed by atoms with Gasteiger partial charge in [-0.15, -0.1) is 0 Å². The van der Waals surface area contributed by atoms with Gasteiger partial charge in [-0.3, -0.25) is 4.79 Å². The summed E-state index contributed by atoms with van der Waals surface area (Å²) < 4.78 is 5.45. The summed E-state index contributed by atoms with van der Waals surface area (Å²) >= 11 is 6.05. The minimum absolute atomic E-state index is 0.140. The van der Waals surface area contributed by atoms with Gasteiger partial charge in [-0.25, -0.2) is 0 Å². The van der Waals surface area contributed by atoms with E-state index in [1.807, 2.05) is 13.8 Å². The molecule has 6 heteroatoms. The highest BCUT2D eigenvalue weighted by atomic mass is 35.5. The molecule has 1 rings (SSSR count). The van der Waals surface area contributed by atoms with E-state index >= 15 is 0 Å². The van der Waals surface area contributed by atoms with Crippen LogP contribution in [-0.2, 0) is 11.2 Å². The van der Waals surface area contributed by atoms with E-state index in [1.165, 1.54) is 0 Å². The van der Waals surface area contributed by atoms with Crippen molar-refractivity contribution in [3.8, 4) is 5.75 Å². The van der Waals surface area contributed by atoms with Crippen molar-refractivity contribution in [2.24, 2.45) is 5.73 Å². The first-order valence-electron chi connectivity index (χ1n) is 6.49.